The molecule has 0 fully saturated rings. The molecule has 0 radical (unpaired) electrons. The third kappa shape index (κ3) is 1.32. The molecule has 14 heavy (non-hydrogen) atoms. The van der Waals surface area contributed by atoms with Crippen LogP contribution in [0.4, 0.5) is 0 Å². The number of thioether (sulfide) groups is 1. The van der Waals surface area contributed by atoms with E-state index in [4.69, 9.17) is 0 Å². The molecule has 2 aromatic rings. The number of rotatable bonds is 1. The number of nitrogens with one attached hydrogen (secondary N) is 1. The van der Waals surface area contributed by atoms with Gasteiger partial charge in [0.25, 0.3) is 0 Å². The third-order valence-electron chi connectivity index (χ3n) is 2.42. The van der Waals surface area contributed by atoms with Gasteiger partial charge in [-0.05, 0) is 38.7 Å². The van der Waals surface area contributed by atoms with Crippen molar-refractivity contribution < 1.29 is 0 Å². The zero-order valence-electron chi connectivity index (χ0n) is 8.93. The summed E-state index contributed by atoms with van der Waals surface area (Å²) in [5.41, 5.74) is 4.61. The van der Waals surface area contributed by atoms with Gasteiger partial charge in [0.2, 0.25) is 0 Å². The van der Waals surface area contributed by atoms with Crippen LogP contribution in [0, 0.1) is 20.8 Å². The fourth-order valence-corrected chi connectivity index (χ4v) is 2.71. The summed E-state index contributed by atoms with van der Waals surface area (Å²) < 4.78 is 0. The lowest BCUT2D eigenvalue weighted by Gasteiger charge is -2.00. The van der Waals surface area contributed by atoms with E-state index in [1.54, 1.807) is 11.8 Å². The van der Waals surface area contributed by atoms with Crippen molar-refractivity contribution in [3.8, 4) is 0 Å². The smallest absolute Gasteiger partial charge is 0.139 e. The maximum atomic E-state index is 4.50. The first-order valence-electron chi connectivity index (χ1n) is 4.64. The number of aromatic amines is 1. The molecule has 0 aromatic carbocycles. The monoisotopic (exact) mass is 206 g/mol. The first-order valence-corrected chi connectivity index (χ1v) is 5.86. The van der Waals surface area contributed by atoms with Crippen molar-refractivity contribution in [1.82, 2.24) is 9.97 Å². The van der Waals surface area contributed by atoms with Crippen LogP contribution >= 0.6 is 11.8 Å². The highest BCUT2D eigenvalue weighted by molar-refractivity contribution is 7.98. The van der Waals surface area contributed by atoms with E-state index in [1.807, 2.05) is 6.92 Å². The molecule has 0 aliphatic rings. The fourth-order valence-electron chi connectivity index (χ4n) is 1.89. The molecule has 0 amide bonds. The van der Waals surface area contributed by atoms with Gasteiger partial charge in [0.05, 0.1) is 0 Å². The largest absolute Gasteiger partial charge is 0.342 e. The molecule has 2 rings (SSSR count). The van der Waals surface area contributed by atoms with Gasteiger partial charge in [0, 0.05) is 21.7 Å². The summed E-state index contributed by atoms with van der Waals surface area (Å²) in [6.07, 6.45) is 2.11. The Hall–Kier alpha value is -0.960. The van der Waals surface area contributed by atoms with Crippen molar-refractivity contribution in [2.24, 2.45) is 0 Å². The van der Waals surface area contributed by atoms with Crippen LogP contribution < -0.4 is 0 Å². The summed E-state index contributed by atoms with van der Waals surface area (Å²) in [6, 6.07) is 2.13. The van der Waals surface area contributed by atoms with E-state index in [0.717, 1.165) is 11.3 Å². The zero-order chi connectivity index (χ0) is 10.3. The minimum Gasteiger partial charge on any atom is -0.342 e. The van der Waals surface area contributed by atoms with Crippen molar-refractivity contribution in [3.05, 3.63) is 23.0 Å². The molecule has 0 bridgehead atoms. The Balaban J connectivity index is 2.88. The molecule has 2 aromatic heterocycles. The lowest BCUT2D eigenvalue weighted by molar-refractivity contribution is 1.18. The van der Waals surface area contributed by atoms with Crippen molar-refractivity contribution in [2.75, 3.05) is 6.26 Å². The third-order valence-corrected chi connectivity index (χ3v) is 3.34. The number of aryl methyl sites for hydroxylation is 3. The van der Waals surface area contributed by atoms with Gasteiger partial charge < -0.3 is 4.98 Å². The van der Waals surface area contributed by atoms with Gasteiger partial charge >= 0.3 is 0 Å². The SMILES string of the molecule is CSc1c(C)[nH]c2nc(C)cc(C)c12. The van der Waals surface area contributed by atoms with Crippen LogP contribution in [0.2, 0.25) is 0 Å². The first kappa shape index (κ1) is 9.59. The Morgan fingerprint density at radius 2 is 2.00 bits per heavy atom. The van der Waals surface area contributed by atoms with E-state index < -0.39 is 0 Å². The minimum absolute atomic E-state index is 1.02. The van der Waals surface area contributed by atoms with Crippen molar-refractivity contribution in [3.63, 3.8) is 0 Å². The summed E-state index contributed by atoms with van der Waals surface area (Å²) in [6.45, 7) is 6.27. The zero-order valence-corrected chi connectivity index (χ0v) is 9.75. The average Bonchev–Trinajstić information content (AvgIpc) is 2.40. The number of H-pyrrole nitrogens is 1. The van der Waals surface area contributed by atoms with Gasteiger partial charge in [-0.1, -0.05) is 0 Å². The van der Waals surface area contributed by atoms with Gasteiger partial charge in [-0.3, -0.25) is 0 Å². The Kier molecular flexibility index (Phi) is 2.27. The first-order chi connectivity index (χ1) is 6.63. The van der Waals surface area contributed by atoms with Crippen LogP contribution in [-0.2, 0) is 0 Å². The predicted molar refractivity (Wildman–Crippen MR) is 62.1 cm³/mol. The molecular formula is C11H14N2S. The Bertz CT molecular complexity index is 485. The van der Waals surface area contributed by atoms with Crippen molar-refractivity contribution in [2.45, 2.75) is 25.7 Å². The number of pyridine rings is 1. The minimum atomic E-state index is 1.02. The number of hydrogen-bond acceptors (Lipinski definition) is 2. The summed E-state index contributed by atoms with van der Waals surface area (Å²) in [5, 5.41) is 1.28. The lowest BCUT2D eigenvalue weighted by Crippen LogP contribution is -1.85. The van der Waals surface area contributed by atoms with Gasteiger partial charge in [-0.2, -0.15) is 0 Å². The number of fused-ring (bicyclic) bond motifs is 1. The summed E-state index contributed by atoms with van der Waals surface area (Å²) >= 11 is 1.78. The maximum absolute atomic E-state index is 4.50. The molecule has 0 saturated heterocycles. The fraction of sp³-hybridized carbons (Fsp3) is 0.364. The van der Waals surface area contributed by atoms with Crippen LogP contribution in [0.1, 0.15) is 17.0 Å². The normalized spacial score (nSPS) is 11.1. The quantitative estimate of drug-likeness (QED) is 0.726. The number of hydrogen-bond donors (Lipinski definition) is 1. The van der Waals surface area contributed by atoms with E-state index in [-0.39, 0.29) is 0 Å². The van der Waals surface area contributed by atoms with Crippen LogP contribution in [0.3, 0.4) is 0 Å². The molecule has 2 nitrogen and oxygen atoms in total. The second-order valence-corrected chi connectivity index (χ2v) is 4.40. The Labute approximate surface area is 88.1 Å². The highest BCUT2D eigenvalue weighted by Crippen LogP contribution is 2.31. The highest BCUT2D eigenvalue weighted by Gasteiger charge is 2.10. The Morgan fingerprint density at radius 3 is 2.64 bits per heavy atom. The summed E-state index contributed by atoms with van der Waals surface area (Å²) in [7, 11) is 0. The van der Waals surface area contributed by atoms with Gasteiger partial charge in [0.1, 0.15) is 5.65 Å². The van der Waals surface area contributed by atoms with E-state index in [9.17, 15) is 0 Å². The van der Waals surface area contributed by atoms with Crippen LogP contribution in [-0.4, -0.2) is 16.2 Å². The van der Waals surface area contributed by atoms with E-state index in [1.165, 1.54) is 21.5 Å². The van der Waals surface area contributed by atoms with E-state index in [0.29, 0.717) is 0 Å². The molecule has 0 aliphatic heterocycles. The second kappa shape index (κ2) is 3.31. The maximum Gasteiger partial charge on any atom is 0.139 e. The average molecular weight is 206 g/mol. The van der Waals surface area contributed by atoms with Crippen LogP contribution in [0.5, 0.6) is 0 Å². The molecule has 0 spiro atoms. The second-order valence-electron chi connectivity index (χ2n) is 3.59. The van der Waals surface area contributed by atoms with Gasteiger partial charge in [0.15, 0.2) is 0 Å². The predicted octanol–water partition coefficient (Wildman–Crippen LogP) is 3.21. The standard InChI is InChI=1S/C11H14N2S/c1-6-5-7(2)12-11-9(6)10(14-4)8(3)13-11/h5H,1-4H3,(H,12,13). The summed E-state index contributed by atoms with van der Waals surface area (Å²) in [4.78, 5) is 9.15. The van der Waals surface area contributed by atoms with E-state index >= 15 is 0 Å². The van der Waals surface area contributed by atoms with Crippen molar-refractivity contribution >= 4 is 22.8 Å². The summed E-state index contributed by atoms with van der Waals surface area (Å²) in [5.74, 6) is 0. The topological polar surface area (TPSA) is 28.7 Å². The molecule has 0 saturated carbocycles. The molecular weight excluding hydrogens is 192 g/mol. The lowest BCUT2D eigenvalue weighted by atomic mass is 10.2. The number of aromatic nitrogens is 2. The molecule has 0 unspecified atom stereocenters. The molecule has 0 atom stereocenters. The highest BCUT2D eigenvalue weighted by atomic mass is 32.2. The number of nitrogens with zero attached hydrogens (tertiary/aromatic N) is 1. The molecule has 0 aliphatic carbocycles. The molecule has 74 valence electrons. The van der Waals surface area contributed by atoms with Gasteiger partial charge in [-0.25, -0.2) is 4.98 Å². The van der Waals surface area contributed by atoms with E-state index in [2.05, 4.69) is 36.1 Å². The van der Waals surface area contributed by atoms with Crippen LogP contribution in [0.25, 0.3) is 11.0 Å². The van der Waals surface area contributed by atoms with Gasteiger partial charge in [-0.15, -0.1) is 11.8 Å². The van der Waals surface area contributed by atoms with Crippen LogP contribution in [0.15, 0.2) is 11.0 Å². The molecule has 3 heteroatoms. The Morgan fingerprint density at radius 1 is 1.29 bits per heavy atom. The molecule has 1 N–H and O–H groups in total. The molecule has 2 heterocycles. The van der Waals surface area contributed by atoms with Crippen molar-refractivity contribution in [1.29, 1.82) is 0 Å².